The van der Waals surface area contributed by atoms with Gasteiger partial charge in [-0.3, -0.25) is 0 Å². The minimum Gasteiger partial charge on any atom is -0.237 e. The number of hydrogen-bond donors (Lipinski definition) is 0. The van der Waals surface area contributed by atoms with Gasteiger partial charge in [-0.1, -0.05) is 40.9 Å². The van der Waals surface area contributed by atoms with Crippen molar-refractivity contribution < 1.29 is 0 Å². The van der Waals surface area contributed by atoms with Gasteiger partial charge in [0.1, 0.15) is 11.0 Å². The summed E-state index contributed by atoms with van der Waals surface area (Å²) in [4.78, 5) is 8.65. The molecule has 1 heterocycles. The molecular weight excluding hydrogens is 405 g/mol. The lowest BCUT2D eigenvalue weighted by atomic mass is 10.1. The summed E-state index contributed by atoms with van der Waals surface area (Å²) < 4.78 is 0.882. The minimum atomic E-state index is 0.484. The largest absolute Gasteiger partial charge is 0.237 e. The lowest BCUT2D eigenvalue weighted by Gasteiger charge is -2.06. The average Bonchev–Trinajstić information content (AvgIpc) is 2.31. The monoisotopic (exact) mass is 412 g/mol. The second-order valence-electron chi connectivity index (χ2n) is 3.76. The first kappa shape index (κ1) is 14.3. The Hall–Kier alpha value is -0.100. The van der Waals surface area contributed by atoms with Crippen LogP contribution >= 0.6 is 57.4 Å². The van der Waals surface area contributed by atoms with Crippen LogP contribution in [-0.4, -0.2) is 9.97 Å². The van der Waals surface area contributed by atoms with E-state index in [1.54, 1.807) is 6.07 Å². The summed E-state index contributed by atoms with van der Waals surface area (Å²) >= 11 is 20.0. The van der Waals surface area contributed by atoms with Gasteiger partial charge in [-0.05, 0) is 47.2 Å². The Balaban J connectivity index is 2.31. The van der Waals surface area contributed by atoms with Crippen LogP contribution in [0.25, 0.3) is 0 Å². The van der Waals surface area contributed by atoms with Crippen molar-refractivity contribution >= 4 is 57.4 Å². The summed E-state index contributed by atoms with van der Waals surface area (Å²) in [5.74, 6) is 0.677. The van der Waals surface area contributed by atoms with Crippen LogP contribution in [0.15, 0.2) is 18.2 Å². The highest BCUT2D eigenvalue weighted by Gasteiger charge is 2.08. The maximum absolute atomic E-state index is 6.04. The number of hydrogen-bond acceptors (Lipinski definition) is 2. The zero-order chi connectivity index (χ0) is 13.3. The number of nitrogens with zero attached hydrogens (tertiary/aromatic N) is 2. The van der Waals surface area contributed by atoms with E-state index in [4.69, 9.17) is 34.8 Å². The molecule has 0 aliphatic heterocycles. The van der Waals surface area contributed by atoms with Crippen molar-refractivity contribution in [3.63, 3.8) is 0 Å². The number of aromatic nitrogens is 2. The lowest BCUT2D eigenvalue weighted by Crippen LogP contribution is -2.01. The maximum Gasteiger partial charge on any atom is 0.146 e. The molecule has 0 saturated heterocycles. The van der Waals surface area contributed by atoms with E-state index in [-0.39, 0.29) is 0 Å². The maximum atomic E-state index is 6.04. The molecule has 0 aliphatic rings. The Morgan fingerprint density at radius 1 is 1.11 bits per heavy atom. The second-order valence-corrected chi connectivity index (χ2v) is 6.01. The van der Waals surface area contributed by atoms with Gasteiger partial charge in [0.05, 0.1) is 19.3 Å². The van der Waals surface area contributed by atoms with Crippen LogP contribution in [0.3, 0.4) is 0 Å². The first-order valence-electron chi connectivity index (χ1n) is 5.10. The van der Waals surface area contributed by atoms with E-state index in [9.17, 15) is 0 Å². The van der Waals surface area contributed by atoms with Crippen LogP contribution < -0.4 is 0 Å². The average molecular weight is 413 g/mol. The molecule has 94 valence electrons. The number of aryl methyl sites for hydroxylation is 1. The molecule has 0 aliphatic carbocycles. The minimum absolute atomic E-state index is 0.484. The standard InChI is InChI=1S/C12H8Cl3IN2/c1-6-11(16)12(15)18-10(17-6)5-7-2-3-8(13)9(14)4-7/h2-4H,5H2,1H3. The van der Waals surface area contributed by atoms with E-state index in [1.165, 1.54) is 0 Å². The highest BCUT2D eigenvalue weighted by molar-refractivity contribution is 14.1. The van der Waals surface area contributed by atoms with Crippen LogP contribution in [0.2, 0.25) is 15.2 Å². The van der Waals surface area contributed by atoms with Crippen LogP contribution in [-0.2, 0) is 6.42 Å². The van der Waals surface area contributed by atoms with E-state index in [1.807, 2.05) is 19.1 Å². The van der Waals surface area contributed by atoms with Gasteiger partial charge < -0.3 is 0 Å². The van der Waals surface area contributed by atoms with Crippen LogP contribution in [0.5, 0.6) is 0 Å². The van der Waals surface area contributed by atoms with Crippen molar-refractivity contribution in [2.45, 2.75) is 13.3 Å². The van der Waals surface area contributed by atoms with Gasteiger partial charge in [0.25, 0.3) is 0 Å². The first-order valence-corrected chi connectivity index (χ1v) is 7.31. The van der Waals surface area contributed by atoms with E-state index >= 15 is 0 Å². The SMILES string of the molecule is Cc1nc(Cc2ccc(Cl)c(Cl)c2)nc(Cl)c1I. The van der Waals surface area contributed by atoms with E-state index < -0.39 is 0 Å². The molecule has 0 amide bonds. The van der Waals surface area contributed by atoms with Crippen molar-refractivity contribution in [3.8, 4) is 0 Å². The zero-order valence-corrected chi connectivity index (χ0v) is 13.8. The predicted molar refractivity (Wildman–Crippen MR) is 83.8 cm³/mol. The fourth-order valence-corrected chi connectivity index (χ4v) is 2.29. The first-order chi connectivity index (χ1) is 8.47. The van der Waals surface area contributed by atoms with Crippen LogP contribution in [0.4, 0.5) is 0 Å². The van der Waals surface area contributed by atoms with Crippen LogP contribution in [0.1, 0.15) is 17.1 Å². The number of rotatable bonds is 2. The summed E-state index contributed by atoms with van der Waals surface area (Å²) in [6.07, 6.45) is 0.578. The molecule has 2 aromatic rings. The third-order valence-corrected chi connectivity index (χ3v) is 4.99. The van der Waals surface area contributed by atoms with Crippen molar-refractivity contribution in [1.82, 2.24) is 9.97 Å². The van der Waals surface area contributed by atoms with Gasteiger partial charge >= 0.3 is 0 Å². The van der Waals surface area contributed by atoms with Gasteiger partial charge in [0.2, 0.25) is 0 Å². The topological polar surface area (TPSA) is 25.8 Å². The molecule has 0 bridgehead atoms. The van der Waals surface area contributed by atoms with Gasteiger partial charge in [-0.25, -0.2) is 9.97 Å². The highest BCUT2D eigenvalue weighted by atomic mass is 127. The molecule has 2 rings (SSSR count). The third-order valence-electron chi connectivity index (χ3n) is 2.37. The molecule has 1 aromatic carbocycles. The molecule has 0 spiro atoms. The molecular formula is C12H8Cl3IN2. The number of halogens is 4. The normalized spacial score (nSPS) is 10.7. The summed E-state index contributed by atoms with van der Waals surface area (Å²) in [6.45, 7) is 1.91. The number of benzene rings is 1. The van der Waals surface area contributed by atoms with Crippen molar-refractivity contribution in [1.29, 1.82) is 0 Å². The van der Waals surface area contributed by atoms with Crippen LogP contribution in [0, 0.1) is 10.5 Å². The molecule has 18 heavy (non-hydrogen) atoms. The van der Waals surface area contributed by atoms with E-state index in [0.717, 1.165) is 14.8 Å². The smallest absolute Gasteiger partial charge is 0.146 e. The van der Waals surface area contributed by atoms with Gasteiger partial charge in [-0.2, -0.15) is 0 Å². The summed E-state index contributed by atoms with van der Waals surface area (Å²) in [5, 5.41) is 1.55. The Bertz CT molecular complexity index is 579. The molecule has 0 fully saturated rings. The van der Waals surface area contributed by atoms with E-state index in [2.05, 4.69) is 32.6 Å². The molecule has 0 N–H and O–H groups in total. The fraction of sp³-hybridized carbons (Fsp3) is 0.167. The quantitative estimate of drug-likeness (QED) is 0.515. The van der Waals surface area contributed by atoms with Gasteiger partial charge in [-0.15, -0.1) is 0 Å². The molecule has 0 atom stereocenters. The lowest BCUT2D eigenvalue weighted by molar-refractivity contribution is 0.933. The summed E-state index contributed by atoms with van der Waals surface area (Å²) in [6, 6.07) is 5.48. The van der Waals surface area contributed by atoms with Crippen molar-refractivity contribution in [2.75, 3.05) is 0 Å². The highest BCUT2D eigenvalue weighted by Crippen LogP contribution is 2.24. The third kappa shape index (κ3) is 3.26. The Labute approximate surface area is 134 Å². The Morgan fingerprint density at radius 2 is 1.83 bits per heavy atom. The predicted octanol–water partition coefficient (Wildman–Crippen LogP) is 4.94. The molecule has 0 radical (unpaired) electrons. The molecule has 0 unspecified atom stereocenters. The molecule has 2 nitrogen and oxygen atoms in total. The molecule has 6 heteroatoms. The fourth-order valence-electron chi connectivity index (χ4n) is 1.49. The van der Waals surface area contributed by atoms with Crippen molar-refractivity contribution in [3.05, 3.63) is 54.0 Å². The van der Waals surface area contributed by atoms with Gasteiger partial charge in [0.15, 0.2) is 0 Å². The van der Waals surface area contributed by atoms with Gasteiger partial charge in [0, 0.05) is 6.42 Å². The Morgan fingerprint density at radius 3 is 2.44 bits per heavy atom. The summed E-state index contributed by atoms with van der Waals surface area (Å²) in [7, 11) is 0. The zero-order valence-electron chi connectivity index (χ0n) is 9.35. The van der Waals surface area contributed by atoms with E-state index in [0.29, 0.717) is 27.4 Å². The summed E-state index contributed by atoms with van der Waals surface area (Å²) in [5.41, 5.74) is 1.88. The second kappa shape index (κ2) is 5.90. The van der Waals surface area contributed by atoms with Crippen molar-refractivity contribution in [2.24, 2.45) is 0 Å². The molecule has 1 aromatic heterocycles. The Kier molecular flexibility index (Phi) is 4.69. The molecule has 0 saturated carbocycles.